The molecule has 0 radical (unpaired) electrons. The summed E-state index contributed by atoms with van der Waals surface area (Å²) in [7, 11) is 5.89. The van der Waals surface area contributed by atoms with Crippen molar-refractivity contribution < 1.29 is 14.6 Å². The predicted molar refractivity (Wildman–Crippen MR) is 185 cm³/mol. The molecule has 3 unspecified atom stereocenters. The van der Waals surface area contributed by atoms with Crippen molar-refractivity contribution in [1.82, 2.24) is 9.80 Å². The number of halogens is 2. The molecule has 5 nitrogen and oxygen atoms in total. The number of hydrogen-bond donors (Lipinski definition) is 1. The molecule has 1 heterocycles. The standard InChI is InChI=1S/C25H34N2O2.C6H4Cl2.C3H8O.C2H6/c1-6-15-27-23(29)13-14-25(17-26(4)5)20-10-8-9-19(7-2)22(16-20)21(24(25)27)12-11-18(3)28;7-5-2-1-3-6(8)4-5;1-3-4-2;1-2/h7-12,16,18,24,28H,2,6,13-15,17H2,1,3-5H3;1-4H;3H2,1-2H3;1-2H3/b12-11-;;;. The summed E-state index contributed by atoms with van der Waals surface area (Å²) in [5.74, 6) is 0.224. The van der Waals surface area contributed by atoms with E-state index in [1.165, 1.54) is 5.57 Å². The van der Waals surface area contributed by atoms with Crippen LogP contribution in [0.1, 0.15) is 53.9 Å². The molecule has 1 amide bonds. The Hall–Kier alpha value is -2.41. The van der Waals surface area contributed by atoms with Crippen molar-refractivity contribution in [2.45, 2.75) is 66.0 Å². The first-order valence-corrected chi connectivity index (χ1v) is 16.0. The van der Waals surface area contributed by atoms with Gasteiger partial charge in [-0.15, -0.1) is 0 Å². The molecule has 0 saturated carbocycles. The van der Waals surface area contributed by atoms with Gasteiger partial charge >= 0.3 is 0 Å². The van der Waals surface area contributed by atoms with Gasteiger partial charge in [0.15, 0.2) is 0 Å². The monoisotopic (exact) mass is 630 g/mol. The molecule has 4 rings (SSSR count). The molecular formula is C36H52Cl2N2O3. The third kappa shape index (κ3) is 10.9. The van der Waals surface area contributed by atoms with E-state index in [1.54, 1.807) is 32.2 Å². The highest BCUT2D eigenvalue weighted by Crippen LogP contribution is 2.52. The molecule has 3 aliphatic rings. The highest BCUT2D eigenvalue weighted by atomic mass is 35.5. The van der Waals surface area contributed by atoms with Crippen LogP contribution in [0.15, 0.2) is 95.7 Å². The molecule has 43 heavy (non-hydrogen) atoms. The van der Waals surface area contributed by atoms with Crippen LogP contribution in [0.3, 0.4) is 0 Å². The van der Waals surface area contributed by atoms with E-state index >= 15 is 0 Å². The number of fused-ring (bicyclic) bond motifs is 3. The van der Waals surface area contributed by atoms with E-state index in [0.717, 1.165) is 49.3 Å². The number of likely N-dealkylation sites (tertiary alicyclic amines) is 1. The van der Waals surface area contributed by atoms with Crippen LogP contribution in [0.2, 0.25) is 10.0 Å². The maximum atomic E-state index is 13.1. The first-order chi connectivity index (χ1) is 20.5. The van der Waals surface area contributed by atoms with Gasteiger partial charge in [-0.3, -0.25) is 4.79 Å². The Morgan fingerprint density at radius 1 is 1.23 bits per heavy atom. The number of carbonyl (C=O) groups is 1. The summed E-state index contributed by atoms with van der Waals surface area (Å²) in [4.78, 5) is 17.4. The lowest BCUT2D eigenvalue weighted by molar-refractivity contribution is -0.140. The molecule has 1 aromatic rings. The second-order valence-electron chi connectivity index (χ2n) is 10.7. The molecule has 1 saturated heterocycles. The van der Waals surface area contributed by atoms with Crippen molar-refractivity contribution in [3.05, 3.63) is 106 Å². The molecule has 238 valence electrons. The summed E-state index contributed by atoms with van der Waals surface area (Å²) in [6, 6.07) is 7.02. The number of aliphatic hydroxyl groups excluding tert-OH is 1. The summed E-state index contributed by atoms with van der Waals surface area (Å²) in [6.45, 7) is 16.3. The van der Waals surface area contributed by atoms with E-state index in [2.05, 4.69) is 66.4 Å². The lowest BCUT2D eigenvalue weighted by atomic mass is 9.61. The zero-order valence-corrected chi connectivity index (χ0v) is 28.9. The molecule has 2 bridgehead atoms. The summed E-state index contributed by atoms with van der Waals surface area (Å²) in [5, 5.41) is 11.3. The molecule has 0 spiro atoms. The minimum absolute atomic E-state index is 0.0535. The summed E-state index contributed by atoms with van der Waals surface area (Å²) in [5.41, 5.74) is 4.37. The van der Waals surface area contributed by atoms with E-state index < -0.39 is 6.10 Å². The first kappa shape index (κ1) is 38.6. The van der Waals surface area contributed by atoms with Crippen molar-refractivity contribution >= 4 is 29.1 Å². The molecule has 1 aromatic carbocycles. The number of piperidine rings is 1. The average Bonchev–Trinajstić information content (AvgIpc) is 3.17. The van der Waals surface area contributed by atoms with Gasteiger partial charge in [0.25, 0.3) is 0 Å². The molecule has 1 N–H and O–H groups in total. The Balaban J connectivity index is 0.000000547. The smallest absolute Gasteiger partial charge is 0.223 e. The fourth-order valence-electron chi connectivity index (χ4n) is 5.54. The molecular weight excluding hydrogens is 579 g/mol. The van der Waals surface area contributed by atoms with Crippen molar-refractivity contribution in [3.63, 3.8) is 0 Å². The van der Waals surface area contributed by atoms with Gasteiger partial charge in [0.05, 0.1) is 12.1 Å². The van der Waals surface area contributed by atoms with E-state index in [9.17, 15) is 9.90 Å². The second kappa shape index (κ2) is 19.8. The van der Waals surface area contributed by atoms with Gasteiger partial charge in [-0.05, 0) is 81.3 Å². The molecule has 3 atom stereocenters. The number of nitrogens with zero attached hydrogens (tertiary/aromatic N) is 2. The quantitative estimate of drug-likeness (QED) is 0.313. The van der Waals surface area contributed by atoms with Gasteiger partial charge in [0, 0.05) is 48.7 Å². The van der Waals surface area contributed by atoms with Crippen LogP contribution in [0.25, 0.3) is 0 Å². The molecule has 0 aromatic heterocycles. The minimum atomic E-state index is -0.546. The number of amides is 1. The Kier molecular flexibility index (Phi) is 17.8. The first-order valence-electron chi connectivity index (χ1n) is 15.2. The van der Waals surface area contributed by atoms with Gasteiger partial charge < -0.3 is 19.6 Å². The van der Waals surface area contributed by atoms with Crippen molar-refractivity contribution in [1.29, 1.82) is 0 Å². The lowest BCUT2D eigenvalue weighted by Crippen LogP contribution is -2.60. The fourth-order valence-corrected chi connectivity index (χ4v) is 5.97. The molecule has 1 aliphatic heterocycles. The van der Waals surface area contributed by atoms with Crippen molar-refractivity contribution in [3.8, 4) is 0 Å². The van der Waals surface area contributed by atoms with Crippen LogP contribution in [0.4, 0.5) is 0 Å². The third-order valence-electron chi connectivity index (χ3n) is 7.20. The van der Waals surface area contributed by atoms with Crippen molar-refractivity contribution in [2.24, 2.45) is 5.41 Å². The second-order valence-corrected chi connectivity index (χ2v) is 11.5. The average molecular weight is 632 g/mol. The molecule has 2 aliphatic carbocycles. The number of hydrogen-bond acceptors (Lipinski definition) is 4. The summed E-state index contributed by atoms with van der Waals surface area (Å²) < 4.78 is 4.54. The minimum Gasteiger partial charge on any atom is -0.389 e. The molecule has 7 heteroatoms. The van der Waals surface area contributed by atoms with E-state index in [1.807, 2.05) is 45.1 Å². The number of carbonyl (C=O) groups excluding carboxylic acids is 1. The van der Waals surface area contributed by atoms with E-state index in [0.29, 0.717) is 16.5 Å². The highest BCUT2D eigenvalue weighted by molar-refractivity contribution is 6.34. The SMILES string of the molecule is C=CC1=CC=CC2=CC1=C(/C=C\C(C)O)C1N(CCC)C(=O)CCC21CN(C)C.CC.CCOC.Clc1cccc(Cl)c1. The maximum Gasteiger partial charge on any atom is 0.223 e. The van der Waals surface area contributed by atoms with Crippen LogP contribution >= 0.6 is 23.2 Å². The van der Waals surface area contributed by atoms with Crippen LogP contribution in [0, 0.1) is 5.41 Å². The Morgan fingerprint density at radius 2 is 1.86 bits per heavy atom. The Bertz CT molecular complexity index is 1180. The summed E-state index contributed by atoms with van der Waals surface area (Å²) in [6.07, 6.45) is 16.2. The van der Waals surface area contributed by atoms with Crippen LogP contribution in [0.5, 0.6) is 0 Å². The lowest BCUT2D eigenvalue weighted by Gasteiger charge is -2.54. The number of methoxy groups -OCH3 is 1. The number of rotatable bonds is 8. The van der Waals surface area contributed by atoms with Crippen LogP contribution in [-0.2, 0) is 9.53 Å². The topological polar surface area (TPSA) is 53.0 Å². The molecule has 1 fully saturated rings. The zero-order valence-electron chi connectivity index (χ0n) is 27.4. The van der Waals surface area contributed by atoms with E-state index in [4.69, 9.17) is 23.2 Å². The van der Waals surface area contributed by atoms with Gasteiger partial charge in [0.1, 0.15) is 0 Å². The van der Waals surface area contributed by atoms with Crippen molar-refractivity contribution in [2.75, 3.05) is 40.9 Å². The number of allylic oxidation sites excluding steroid dienone is 7. The van der Waals surface area contributed by atoms with Gasteiger partial charge in [0.2, 0.25) is 5.91 Å². The van der Waals surface area contributed by atoms with Crippen LogP contribution in [-0.4, -0.2) is 73.9 Å². The van der Waals surface area contributed by atoms with Gasteiger partial charge in [-0.2, -0.15) is 0 Å². The zero-order chi connectivity index (χ0) is 32.6. The largest absolute Gasteiger partial charge is 0.389 e. The highest BCUT2D eigenvalue weighted by Gasteiger charge is 2.52. The number of ether oxygens (including phenoxy) is 1. The van der Waals surface area contributed by atoms with Gasteiger partial charge in [-0.25, -0.2) is 0 Å². The Labute approximate surface area is 270 Å². The number of benzene rings is 1. The van der Waals surface area contributed by atoms with E-state index in [-0.39, 0.29) is 17.4 Å². The Morgan fingerprint density at radius 3 is 2.33 bits per heavy atom. The number of aliphatic hydroxyl groups is 1. The summed E-state index contributed by atoms with van der Waals surface area (Å²) >= 11 is 11.1. The fraction of sp³-hybridized carbons (Fsp3) is 0.472. The normalized spacial score (nSPS) is 21.3. The maximum absolute atomic E-state index is 13.1. The van der Waals surface area contributed by atoms with Gasteiger partial charge in [-0.1, -0.05) is 99.2 Å². The van der Waals surface area contributed by atoms with Crippen LogP contribution < -0.4 is 0 Å². The predicted octanol–water partition coefficient (Wildman–Crippen LogP) is 8.46. The third-order valence-corrected chi connectivity index (χ3v) is 7.67.